The average Bonchev–Trinajstić information content (AvgIpc) is 3.45. The number of carboxylic acids is 1. The molecule has 3 saturated carbocycles. The maximum Gasteiger partial charge on any atom is 0.482 e. The monoisotopic (exact) mass is 805 g/mol. The smallest absolute Gasteiger partial charge is 0.482 e. The van der Waals surface area contributed by atoms with Crippen molar-refractivity contribution < 1.29 is 47.8 Å². The molecule has 1 aliphatic heterocycles. The van der Waals surface area contributed by atoms with E-state index in [1.54, 1.807) is 47.6 Å². The summed E-state index contributed by atoms with van der Waals surface area (Å²) in [5.41, 5.74) is 1.41. The van der Waals surface area contributed by atoms with Crippen LogP contribution in [0.2, 0.25) is 0 Å². The van der Waals surface area contributed by atoms with Crippen LogP contribution in [0.5, 0.6) is 5.75 Å². The summed E-state index contributed by atoms with van der Waals surface area (Å²) in [4.78, 5) is 51.8. The van der Waals surface area contributed by atoms with Crippen LogP contribution in [-0.2, 0) is 54.9 Å². The lowest BCUT2D eigenvalue weighted by atomic mass is 9.43. The first-order chi connectivity index (χ1) is 26.7. The van der Waals surface area contributed by atoms with E-state index in [4.69, 9.17) is 23.5 Å². The first-order valence-corrected chi connectivity index (χ1v) is 20.3. The van der Waals surface area contributed by atoms with Crippen molar-refractivity contribution in [1.82, 2.24) is 16.0 Å². The van der Waals surface area contributed by atoms with Crippen LogP contribution in [0.4, 0.5) is 9.59 Å². The second kappa shape index (κ2) is 16.4. The third kappa shape index (κ3) is 10.1. The predicted octanol–water partition coefficient (Wildman–Crippen LogP) is 7.28. The Bertz CT molecular complexity index is 1890. The van der Waals surface area contributed by atoms with E-state index >= 15 is 0 Å². The Morgan fingerprint density at radius 1 is 0.879 bits per heavy atom. The molecular weight excluding hydrogens is 741 g/mol. The molecule has 1 heterocycles. The van der Waals surface area contributed by atoms with E-state index in [1.165, 1.54) is 7.11 Å². The lowest BCUT2D eigenvalue weighted by Gasteiger charge is -2.64. The number of carboxylic acid groups (broad SMARTS) is 1. The zero-order valence-corrected chi connectivity index (χ0v) is 36.6. The van der Waals surface area contributed by atoms with E-state index in [0.717, 1.165) is 18.4 Å². The fraction of sp³-hybridized carbons (Fsp3) is 0.636. The minimum atomic E-state index is -1.12. The third-order valence-electron chi connectivity index (χ3n) is 11.9. The second-order valence-electron chi connectivity index (χ2n) is 19.9. The van der Waals surface area contributed by atoms with Gasteiger partial charge in [-0.25, -0.2) is 14.4 Å². The van der Waals surface area contributed by atoms with Crippen LogP contribution in [0.1, 0.15) is 134 Å². The van der Waals surface area contributed by atoms with E-state index in [9.17, 15) is 24.3 Å². The quantitative estimate of drug-likeness (QED) is 0.160. The molecule has 14 heteroatoms. The van der Waals surface area contributed by atoms with Crippen molar-refractivity contribution in [2.75, 3.05) is 7.11 Å². The van der Waals surface area contributed by atoms with Gasteiger partial charge in [0.15, 0.2) is 0 Å². The molecule has 6 rings (SSSR count). The summed E-state index contributed by atoms with van der Waals surface area (Å²) >= 11 is 0. The van der Waals surface area contributed by atoms with Gasteiger partial charge in [0.25, 0.3) is 0 Å². The van der Waals surface area contributed by atoms with E-state index < -0.39 is 48.0 Å². The van der Waals surface area contributed by atoms with Crippen molar-refractivity contribution in [3.05, 3.63) is 63.7 Å². The highest BCUT2D eigenvalue weighted by Gasteiger charge is 2.68. The van der Waals surface area contributed by atoms with E-state index in [0.29, 0.717) is 28.2 Å². The SMILES string of the molecule is COc1c(C(=O)O)ccc(C(C)(C)C)c1C[C@H](NC(=O)Cc1ccc(CNC(=O)OC(C)(C)C)c(CNC(=O)OC(C)(C)C)c1)B1OC2CC3CC(C3(C)C)C2(C)O1. The Morgan fingerprint density at radius 2 is 1.48 bits per heavy atom. The molecule has 0 radical (unpaired) electrons. The number of benzene rings is 2. The number of hydrogen-bond donors (Lipinski definition) is 4. The highest BCUT2D eigenvalue weighted by molar-refractivity contribution is 6.48. The predicted molar refractivity (Wildman–Crippen MR) is 221 cm³/mol. The fourth-order valence-electron chi connectivity index (χ4n) is 8.97. The Balaban J connectivity index is 1.45. The van der Waals surface area contributed by atoms with Crippen LogP contribution < -0.4 is 20.7 Å². The van der Waals surface area contributed by atoms with E-state index in [2.05, 4.69) is 57.5 Å². The van der Waals surface area contributed by atoms with Crippen LogP contribution in [0.3, 0.4) is 0 Å². The molecule has 2 aromatic rings. The highest BCUT2D eigenvalue weighted by Crippen LogP contribution is 2.65. The largest absolute Gasteiger partial charge is 0.496 e. The van der Waals surface area contributed by atoms with Crippen molar-refractivity contribution in [2.45, 2.75) is 156 Å². The highest BCUT2D eigenvalue weighted by atomic mass is 16.7. The first-order valence-electron chi connectivity index (χ1n) is 20.3. The maximum atomic E-state index is 14.2. The molecule has 1 saturated heterocycles. The summed E-state index contributed by atoms with van der Waals surface area (Å²) in [5.74, 6) is -1.09. The summed E-state index contributed by atoms with van der Waals surface area (Å²) in [7, 11) is 0.649. The van der Waals surface area contributed by atoms with Gasteiger partial charge in [0.05, 0.1) is 31.2 Å². The fourth-order valence-corrected chi connectivity index (χ4v) is 8.97. The minimum absolute atomic E-state index is 0.0285. The van der Waals surface area contributed by atoms with Gasteiger partial charge < -0.3 is 44.6 Å². The summed E-state index contributed by atoms with van der Waals surface area (Å²) in [6.07, 6.45) is 0.742. The zero-order chi connectivity index (χ0) is 43.2. The van der Waals surface area contributed by atoms with Gasteiger partial charge in [0.2, 0.25) is 5.91 Å². The zero-order valence-electron chi connectivity index (χ0n) is 36.6. The molecule has 2 aromatic carbocycles. The van der Waals surface area contributed by atoms with E-state index in [-0.39, 0.29) is 66.0 Å². The number of amides is 3. The number of methoxy groups -OCH3 is 1. The van der Waals surface area contributed by atoms with Crippen molar-refractivity contribution in [3.63, 3.8) is 0 Å². The molecule has 5 atom stereocenters. The van der Waals surface area contributed by atoms with Gasteiger partial charge in [-0.05, 0) is 119 Å². The number of rotatable bonds is 12. The van der Waals surface area contributed by atoms with Crippen molar-refractivity contribution in [3.8, 4) is 5.75 Å². The maximum absolute atomic E-state index is 14.2. The summed E-state index contributed by atoms with van der Waals surface area (Å²) < 4.78 is 30.3. The molecule has 13 nitrogen and oxygen atoms in total. The normalized spacial score (nSPS) is 22.8. The van der Waals surface area contributed by atoms with Crippen LogP contribution in [0.15, 0.2) is 30.3 Å². The number of alkyl carbamates (subject to hydrolysis) is 2. The topological polar surface area (TPSA) is 171 Å². The van der Waals surface area contributed by atoms with Gasteiger partial charge in [0, 0.05) is 18.7 Å². The van der Waals surface area contributed by atoms with Crippen molar-refractivity contribution in [2.24, 2.45) is 17.3 Å². The van der Waals surface area contributed by atoms with Crippen LogP contribution in [0.25, 0.3) is 0 Å². The first kappa shape index (κ1) is 44.8. The number of aromatic carboxylic acids is 1. The lowest BCUT2D eigenvalue weighted by molar-refractivity contribution is -0.199. The lowest BCUT2D eigenvalue weighted by Crippen LogP contribution is -2.65. The average molecular weight is 806 g/mol. The number of ether oxygens (including phenoxy) is 3. The van der Waals surface area contributed by atoms with Gasteiger partial charge in [-0.15, -0.1) is 0 Å². The molecule has 2 bridgehead atoms. The molecule has 3 amide bonds. The van der Waals surface area contributed by atoms with Crippen LogP contribution >= 0.6 is 0 Å². The molecule has 318 valence electrons. The molecule has 4 aliphatic rings. The molecule has 4 N–H and O–H groups in total. The standard InChI is InChI=1S/C44H64BN3O10/c1-40(2,3)31-17-16-29(37(50)51)36(54-13)30(31)22-34(45-57-33-21-28-20-32(43(28,10)11)44(33,12)58-45)48-35(49)19-25-14-15-26(23-46-38(52)55-41(4,5)6)27(18-25)24-47-39(53)56-42(7,8)9/h14-18,28,32-34H,19-24H2,1-13H3,(H,46,52)(H,47,53)(H,48,49)(H,50,51)/t28?,32?,33?,34-,44?/m0/s1. The summed E-state index contributed by atoms with van der Waals surface area (Å²) in [6, 6.07) is 8.82. The third-order valence-corrected chi connectivity index (χ3v) is 11.9. The van der Waals surface area contributed by atoms with Gasteiger partial charge >= 0.3 is 25.3 Å². The molecule has 4 unspecified atom stereocenters. The summed E-state index contributed by atoms with van der Waals surface area (Å²) in [5, 5.41) is 18.9. The van der Waals surface area contributed by atoms with E-state index in [1.807, 2.05) is 24.3 Å². The molecule has 58 heavy (non-hydrogen) atoms. The Kier molecular flexibility index (Phi) is 12.7. The van der Waals surface area contributed by atoms with Gasteiger partial charge in [-0.3, -0.25) is 4.79 Å². The van der Waals surface area contributed by atoms with Gasteiger partial charge in [-0.2, -0.15) is 0 Å². The minimum Gasteiger partial charge on any atom is -0.496 e. The van der Waals surface area contributed by atoms with Gasteiger partial charge in [-0.1, -0.05) is 58.9 Å². The second-order valence-corrected chi connectivity index (χ2v) is 19.9. The number of carbonyl (C=O) groups excluding carboxylic acids is 3. The molecule has 3 aliphatic carbocycles. The molecular formula is C44H64BN3O10. The van der Waals surface area contributed by atoms with Crippen molar-refractivity contribution >= 4 is 31.2 Å². The Hall–Kier alpha value is -4.30. The van der Waals surface area contributed by atoms with Crippen molar-refractivity contribution in [1.29, 1.82) is 0 Å². The number of nitrogens with one attached hydrogen (secondary N) is 3. The Morgan fingerprint density at radius 3 is 2.02 bits per heavy atom. The number of carbonyl (C=O) groups is 4. The Labute approximate surface area is 344 Å². The van der Waals surface area contributed by atoms with Crippen LogP contribution in [0, 0.1) is 17.3 Å². The van der Waals surface area contributed by atoms with Crippen LogP contribution in [-0.4, -0.2) is 72.2 Å². The molecule has 0 aromatic heterocycles. The number of hydrogen-bond acceptors (Lipinski definition) is 9. The summed E-state index contributed by atoms with van der Waals surface area (Å²) in [6.45, 7) is 23.7. The molecule has 0 spiro atoms. The molecule has 4 fully saturated rings. The van der Waals surface area contributed by atoms with Gasteiger partial charge in [0.1, 0.15) is 22.5 Å².